The molecule has 1 nitrogen and oxygen atoms in total. The summed E-state index contributed by atoms with van der Waals surface area (Å²) < 4.78 is 0. The Morgan fingerprint density at radius 1 is 1.14 bits per heavy atom. The van der Waals surface area contributed by atoms with Gasteiger partial charge >= 0.3 is 0 Å². The Labute approximate surface area is 137 Å². The van der Waals surface area contributed by atoms with E-state index in [1.54, 1.807) is 5.56 Å². The largest absolute Gasteiger partial charge is 0.303 e. The zero-order valence-electron chi connectivity index (χ0n) is 14.6. The summed E-state index contributed by atoms with van der Waals surface area (Å²) in [5, 5.41) is 0. The topological polar surface area (TPSA) is 3.24 Å². The number of benzene rings is 1. The molecule has 2 fully saturated rings. The van der Waals surface area contributed by atoms with E-state index in [4.69, 9.17) is 0 Å². The normalized spacial score (nSPS) is 29.0. The SMILES string of the molecule is CCC(CC)CCN1CCC2(c3ccccc3)CCCC2C1. The first kappa shape index (κ1) is 16.1. The summed E-state index contributed by atoms with van der Waals surface area (Å²) in [6.07, 6.45) is 9.77. The maximum Gasteiger partial charge on any atom is 0.00182 e. The van der Waals surface area contributed by atoms with E-state index in [1.165, 1.54) is 64.6 Å². The molecule has 0 N–H and O–H groups in total. The van der Waals surface area contributed by atoms with Crippen LogP contribution in [0.2, 0.25) is 0 Å². The fourth-order valence-electron chi connectivity index (χ4n) is 5.06. The molecule has 1 heteroatoms. The monoisotopic (exact) mass is 299 g/mol. The molecule has 1 heterocycles. The number of hydrogen-bond acceptors (Lipinski definition) is 1. The molecule has 0 spiro atoms. The molecule has 0 bridgehead atoms. The fourth-order valence-corrected chi connectivity index (χ4v) is 5.06. The Hall–Kier alpha value is -0.820. The molecule has 1 aliphatic heterocycles. The second kappa shape index (κ2) is 7.17. The van der Waals surface area contributed by atoms with Crippen LogP contribution in [0.1, 0.15) is 64.4 Å². The highest BCUT2D eigenvalue weighted by molar-refractivity contribution is 5.29. The predicted molar refractivity (Wildman–Crippen MR) is 95.2 cm³/mol. The van der Waals surface area contributed by atoms with Crippen LogP contribution in [0, 0.1) is 11.8 Å². The third kappa shape index (κ3) is 3.11. The minimum absolute atomic E-state index is 0.507. The molecule has 0 aromatic heterocycles. The zero-order chi connectivity index (χ0) is 15.4. The molecule has 0 radical (unpaired) electrons. The van der Waals surface area contributed by atoms with Crippen molar-refractivity contribution in [1.82, 2.24) is 4.90 Å². The molecular formula is C21H33N. The third-order valence-corrected chi connectivity index (χ3v) is 6.67. The molecule has 2 unspecified atom stereocenters. The molecule has 3 rings (SSSR count). The van der Waals surface area contributed by atoms with Crippen molar-refractivity contribution in [3.05, 3.63) is 35.9 Å². The van der Waals surface area contributed by atoms with E-state index in [1.807, 2.05) is 0 Å². The Morgan fingerprint density at radius 2 is 1.91 bits per heavy atom. The molecular weight excluding hydrogens is 266 g/mol. The lowest BCUT2D eigenvalue weighted by Crippen LogP contribution is -2.47. The molecule has 1 saturated heterocycles. The quantitative estimate of drug-likeness (QED) is 0.693. The van der Waals surface area contributed by atoms with Crippen molar-refractivity contribution in [2.75, 3.05) is 19.6 Å². The van der Waals surface area contributed by atoms with E-state index < -0.39 is 0 Å². The lowest BCUT2D eigenvalue weighted by atomic mass is 9.67. The van der Waals surface area contributed by atoms with Crippen LogP contribution in [0.3, 0.4) is 0 Å². The van der Waals surface area contributed by atoms with E-state index in [-0.39, 0.29) is 0 Å². The van der Waals surface area contributed by atoms with Gasteiger partial charge in [0.05, 0.1) is 0 Å². The zero-order valence-corrected chi connectivity index (χ0v) is 14.6. The van der Waals surface area contributed by atoms with Crippen LogP contribution in [0.4, 0.5) is 0 Å². The van der Waals surface area contributed by atoms with Crippen LogP contribution in [0.15, 0.2) is 30.3 Å². The summed E-state index contributed by atoms with van der Waals surface area (Å²) >= 11 is 0. The minimum Gasteiger partial charge on any atom is -0.303 e. The van der Waals surface area contributed by atoms with Crippen LogP contribution in [0.25, 0.3) is 0 Å². The average molecular weight is 300 g/mol. The molecule has 0 amide bonds. The van der Waals surface area contributed by atoms with Gasteiger partial charge in [-0.25, -0.2) is 0 Å². The van der Waals surface area contributed by atoms with Crippen molar-refractivity contribution in [2.45, 2.75) is 64.2 Å². The minimum atomic E-state index is 0.507. The second-order valence-corrected chi connectivity index (χ2v) is 7.63. The molecule has 1 aromatic carbocycles. The van der Waals surface area contributed by atoms with Gasteiger partial charge in [-0.1, -0.05) is 63.4 Å². The standard InChI is InChI=1S/C21H33N/c1-3-18(4-2)12-15-22-16-14-21(13-8-11-20(21)17-22)19-9-6-5-7-10-19/h5-7,9-10,18,20H,3-4,8,11-17H2,1-2H3. The van der Waals surface area contributed by atoms with Gasteiger partial charge in [0.25, 0.3) is 0 Å². The van der Waals surface area contributed by atoms with Gasteiger partial charge in [-0.3, -0.25) is 0 Å². The summed E-state index contributed by atoms with van der Waals surface area (Å²) in [5.41, 5.74) is 2.13. The van der Waals surface area contributed by atoms with Gasteiger partial charge in [-0.2, -0.15) is 0 Å². The molecule has 2 atom stereocenters. The first-order valence-electron chi connectivity index (χ1n) is 9.56. The third-order valence-electron chi connectivity index (χ3n) is 6.67. The van der Waals surface area contributed by atoms with Crippen LogP contribution in [-0.4, -0.2) is 24.5 Å². The number of hydrogen-bond donors (Lipinski definition) is 0. The lowest BCUT2D eigenvalue weighted by molar-refractivity contribution is 0.105. The van der Waals surface area contributed by atoms with Crippen LogP contribution in [-0.2, 0) is 5.41 Å². The number of likely N-dealkylation sites (tertiary alicyclic amines) is 1. The summed E-state index contributed by atoms with van der Waals surface area (Å²) in [5.74, 6) is 1.83. The van der Waals surface area contributed by atoms with Crippen LogP contribution in [0.5, 0.6) is 0 Å². The van der Waals surface area contributed by atoms with E-state index in [0.29, 0.717) is 5.41 Å². The van der Waals surface area contributed by atoms with Gasteiger partial charge < -0.3 is 4.90 Å². The van der Waals surface area contributed by atoms with Crippen molar-refractivity contribution >= 4 is 0 Å². The van der Waals surface area contributed by atoms with E-state index >= 15 is 0 Å². The number of rotatable bonds is 6. The van der Waals surface area contributed by atoms with Gasteiger partial charge in [0.2, 0.25) is 0 Å². The Morgan fingerprint density at radius 3 is 2.64 bits per heavy atom. The smallest absolute Gasteiger partial charge is 0.00182 e. The Balaban J connectivity index is 1.64. The second-order valence-electron chi connectivity index (χ2n) is 7.63. The van der Waals surface area contributed by atoms with Gasteiger partial charge in [-0.05, 0) is 56.2 Å². The Bertz CT molecular complexity index is 450. The maximum absolute atomic E-state index is 2.77. The van der Waals surface area contributed by atoms with Crippen molar-refractivity contribution in [1.29, 1.82) is 0 Å². The van der Waals surface area contributed by atoms with Gasteiger partial charge in [0.15, 0.2) is 0 Å². The Kier molecular flexibility index (Phi) is 5.23. The van der Waals surface area contributed by atoms with Crippen LogP contribution < -0.4 is 0 Å². The fraction of sp³-hybridized carbons (Fsp3) is 0.714. The highest BCUT2D eigenvalue weighted by Gasteiger charge is 2.46. The van der Waals surface area contributed by atoms with Crippen LogP contribution >= 0.6 is 0 Å². The van der Waals surface area contributed by atoms with Crippen molar-refractivity contribution in [3.8, 4) is 0 Å². The highest BCUT2D eigenvalue weighted by Crippen LogP contribution is 2.50. The van der Waals surface area contributed by atoms with Crippen molar-refractivity contribution in [2.24, 2.45) is 11.8 Å². The summed E-state index contributed by atoms with van der Waals surface area (Å²) in [4.78, 5) is 2.77. The number of nitrogens with zero attached hydrogens (tertiary/aromatic N) is 1. The van der Waals surface area contributed by atoms with Crippen molar-refractivity contribution in [3.63, 3.8) is 0 Å². The molecule has 1 aliphatic carbocycles. The average Bonchev–Trinajstić information content (AvgIpc) is 3.01. The first-order valence-corrected chi connectivity index (χ1v) is 9.56. The van der Waals surface area contributed by atoms with E-state index in [0.717, 1.165) is 11.8 Å². The highest BCUT2D eigenvalue weighted by atomic mass is 15.1. The molecule has 22 heavy (non-hydrogen) atoms. The van der Waals surface area contributed by atoms with Gasteiger partial charge in [0, 0.05) is 12.0 Å². The summed E-state index contributed by atoms with van der Waals surface area (Å²) in [6, 6.07) is 11.4. The van der Waals surface area contributed by atoms with Gasteiger partial charge in [-0.15, -0.1) is 0 Å². The van der Waals surface area contributed by atoms with E-state index in [9.17, 15) is 0 Å². The van der Waals surface area contributed by atoms with Crippen molar-refractivity contribution < 1.29 is 0 Å². The molecule has 2 aliphatic rings. The number of fused-ring (bicyclic) bond motifs is 1. The van der Waals surface area contributed by atoms with Gasteiger partial charge in [0.1, 0.15) is 0 Å². The number of piperidine rings is 1. The lowest BCUT2D eigenvalue weighted by Gasteiger charge is -2.45. The molecule has 122 valence electrons. The summed E-state index contributed by atoms with van der Waals surface area (Å²) in [7, 11) is 0. The molecule has 1 aromatic rings. The predicted octanol–water partition coefficient (Wildman–Crippen LogP) is 5.26. The first-order chi connectivity index (χ1) is 10.8. The van der Waals surface area contributed by atoms with E-state index in [2.05, 4.69) is 49.1 Å². The maximum atomic E-state index is 2.77. The molecule has 1 saturated carbocycles. The summed E-state index contributed by atoms with van der Waals surface area (Å²) in [6.45, 7) is 8.68.